The monoisotopic (exact) mass is 346 g/mol. The van der Waals surface area contributed by atoms with Crippen molar-refractivity contribution in [1.29, 1.82) is 5.26 Å². The Labute approximate surface area is 142 Å². The number of carbonyl (C=O) groups excluding carboxylic acids is 1. The van der Waals surface area contributed by atoms with E-state index in [0.717, 1.165) is 11.8 Å². The van der Waals surface area contributed by atoms with Crippen molar-refractivity contribution < 1.29 is 13.9 Å². The zero-order valence-electron chi connectivity index (χ0n) is 13.4. The molecule has 1 heterocycles. The third-order valence-electron chi connectivity index (χ3n) is 3.45. The first-order valence-electron chi connectivity index (χ1n) is 7.13. The first kappa shape index (κ1) is 17.8. The number of ether oxygens (including phenoxy) is 1. The third kappa shape index (κ3) is 3.05. The Morgan fingerprint density at radius 3 is 2.50 bits per heavy atom. The third-order valence-corrected chi connectivity index (χ3v) is 4.27. The number of nitriles is 1. The molecule has 0 aliphatic heterocycles. The van der Waals surface area contributed by atoms with Gasteiger partial charge in [-0.25, -0.2) is 9.18 Å². The van der Waals surface area contributed by atoms with Crippen molar-refractivity contribution in [1.82, 2.24) is 4.57 Å². The standard InChI is InChI=1S/C17H15FN2O3S/c1-4-23-17(22)14-10(2)20(12-7-5-11(18)6-8-12)16(21)13(9-19)15(14)24-3/h5-8H,4H2,1-3H3. The summed E-state index contributed by atoms with van der Waals surface area (Å²) in [5, 5.41) is 9.38. The maximum absolute atomic E-state index is 13.2. The average molecular weight is 346 g/mol. The lowest BCUT2D eigenvalue weighted by Crippen LogP contribution is -2.28. The molecule has 0 amide bonds. The highest BCUT2D eigenvalue weighted by Gasteiger charge is 2.25. The lowest BCUT2D eigenvalue weighted by molar-refractivity contribution is 0.0520. The average Bonchev–Trinajstić information content (AvgIpc) is 2.56. The molecule has 0 aliphatic carbocycles. The summed E-state index contributed by atoms with van der Waals surface area (Å²) in [5.41, 5.74) is 0.186. The van der Waals surface area contributed by atoms with E-state index >= 15 is 0 Å². The zero-order chi connectivity index (χ0) is 17.9. The first-order valence-corrected chi connectivity index (χ1v) is 8.35. The van der Waals surface area contributed by atoms with E-state index in [9.17, 15) is 19.2 Å². The Balaban J connectivity index is 2.88. The molecule has 7 heteroatoms. The number of hydrogen-bond acceptors (Lipinski definition) is 5. The number of hydrogen-bond donors (Lipinski definition) is 0. The van der Waals surface area contributed by atoms with Gasteiger partial charge in [0.15, 0.2) is 0 Å². The van der Waals surface area contributed by atoms with E-state index in [4.69, 9.17) is 4.74 Å². The van der Waals surface area contributed by atoms with Crippen molar-refractivity contribution >= 4 is 17.7 Å². The molecule has 2 rings (SSSR count). The normalized spacial score (nSPS) is 10.3. The van der Waals surface area contributed by atoms with E-state index in [-0.39, 0.29) is 22.6 Å². The molecule has 0 aliphatic rings. The van der Waals surface area contributed by atoms with Crippen LogP contribution < -0.4 is 5.56 Å². The van der Waals surface area contributed by atoms with Crippen LogP contribution in [0.1, 0.15) is 28.5 Å². The molecule has 0 unspecified atom stereocenters. The minimum Gasteiger partial charge on any atom is -0.462 e. The number of thioether (sulfide) groups is 1. The van der Waals surface area contributed by atoms with Crippen LogP contribution in [0.5, 0.6) is 0 Å². The molecule has 0 N–H and O–H groups in total. The predicted molar refractivity (Wildman–Crippen MR) is 89.2 cm³/mol. The Kier molecular flexibility index (Phi) is 5.42. The first-order chi connectivity index (χ1) is 11.5. The summed E-state index contributed by atoms with van der Waals surface area (Å²) in [6.07, 6.45) is 1.68. The van der Waals surface area contributed by atoms with E-state index in [1.807, 2.05) is 6.07 Å². The van der Waals surface area contributed by atoms with E-state index in [1.54, 1.807) is 20.1 Å². The number of nitrogens with zero attached hydrogens (tertiary/aromatic N) is 2. The number of rotatable bonds is 4. The minimum atomic E-state index is -0.605. The number of carbonyl (C=O) groups is 1. The number of aromatic nitrogens is 1. The van der Waals surface area contributed by atoms with Gasteiger partial charge in [-0.15, -0.1) is 11.8 Å². The van der Waals surface area contributed by atoms with Gasteiger partial charge in [-0.1, -0.05) is 0 Å². The molecule has 1 aromatic carbocycles. The number of pyridine rings is 1. The van der Waals surface area contributed by atoms with Crippen LogP contribution in [0, 0.1) is 24.1 Å². The van der Waals surface area contributed by atoms with Crippen LogP contribution in [0.2, 0.25) is 0 Å². The Hall–Kier alpha value is -2.59. The van der Waals surface area contributed by atoms with Crippen LogP contribution in [0.4, 0.5) is 4.39 Å². The summed E-state index contributed by atoms with van der Waals surface area (Å²) < 4.78 is 19.4. The summed E-state index contributed by atoms with van der Waals surface area (Å²) >= 11 is 1.14. The van der Waals surface area contributed by atoms with Gasteiger partial charge in [0.2, 0.25) is 0 Å². The topological polar surface area (TPSA) is 72.1 Å². The van der Waals surface area contributed by atoms with Crippen LogP contribution in [0.25, 0.3) is 5.69 Å². The second-order valence-electron chi connectivity index (χ2n) is 4.82. The summed E-state index contributed by atoms with van der Waals surface area (Å²) in [6.45, 7) is 3.44. The van der Waals surface area contributed by atoms with Gasteiger partial charge >= 0.3 is 5.97 Å². The lowest BCUT2D eigenvalue weighted by atomic mass is 10.1. The van der Waals surface area contributed by atoms with Crippen LogP contribution >= 0.6 is 11.8 Å². The highest BCUT2D eigenvalue weighted by Crippen LogP contribution is 2.27. The van der Waals surface area contributed by atoms with E-state index in [0.29, 0.717) is 11.4 Å². The Bertz CT molecular complexity index is 883. The van der Waals surface area contributed by atoms with Gasteiger partial charge in [-0.3, -0.25) is 9.36 Å². The SMILES string of the molecule is CCOC(=O)c1c(SC)c(C#N)c(=O)n(-c2ccc(F)cc2)c1C. The molecule has 0 saturated heterocycles. The van der Waals surface area contributed by atoms with Crippen LogP contribution in [0.15, 0.2) is 34.0 Å². The van der Waals surface area contributed by atoms with Gasteiger partial charge in [0.1, 0.15) is 17.4 Å². The summed E-state index contributed by atoms with van der Waals surface area (Å²) in [6, 6.07) is 7.11. The molecular formula is C17H15FN2O3S. The molecule has 0 saturated carbocycles. The summed E-state index contributed by atoms with van der Waals surface area (Å²) in [4.78, 5) is 25.3. The van der Waals surface area contributed by atoms with Crippen LogP contribution in [0.3, 0.4) is 0 Å². The highest BCUT2D eigenvalue weighted by molar-refractivity contribution is 7.98. The lowest BCUT2D eigenvalue weighted by Gasteiger charge is -2.17. The molecule has 0 atom stereocenters. The second-order valence-corrected chi connectivity index (χ2v) is 5.63. The van der Waals surface area contributed by atoms with E-state index in [2.05, 4.69) is 0 Å². The fourth-order valence-corrected chi connectivity index (χ4v) is 3.18. The molecule has 0 radical (unpaired) electrons. The fourth-order valence-electron chi connectivity index (χ4n) is 2.41. The van der Waals surface area contributed by atoms with Gasteiger partial charge in [0.05, 0.1) is 12.2 Å². The molecule has 0 spiro atoms. The molecule has 0 bridgehead atoms. The van der Waals surface area contributed by atoms with Gasteiger partial charge in [0, 0.05) is 16.3 Å². The van der Waals surface area contributed by atoms with Gasteiger partial charge < -0.3 is 4.74 Å². The van der Waals surface area contributed by atoms with Gasteiger partial charge in [0.25, 0.3) is 5.56 Å². The molecule has 24 heavy (non-hydrogen) atoms. The Morgan fingerprint density at radius 1 is 1.38 bits per heavy atom. The number of esters is 1. The summed E-state index contributed by atoms with van der Waals surface area (Å²) in [7, 11) is 0. The van der Waals surface area contributed by atoms with E-state index in [1.165, 1.54) is 28.8 Å². The zero-order valence-corrected chi connectivity index (χ0v) is 14.2. The molecule has 124 valence electrons. The molecule has 2 aromatic rings. The smallest absolute Gasteiger partial charge is 0.341 e. The minimum absolute atomic E-state index is 0.138. The van der Waals surface area contributed by atoms with Gasteiger partial charge in [-0.2, -0.15) is 5.26 Å². The van der Waals surface area contributed by atoms with Crippen molar-refractivity contribution in [3.05, 3.63) is 57.3 Å². The molecular weight excluding hydrogens is 331 g/mol. The van der Waals surface area contributed by atoms with Crippen molar-refractivity contribution in [2.45, 2.75) is 18.7 Å². The molecule has 1 aromatic heterocycles. The number of benzene rings is 1. The van der Waals surface area contributed by atoms with Gasteiger partial charge in [-0.05, 0) is 44.4 Å². The summed E-state index contributed by atoms with van der Waals surface area (Å²) in [5.74, 6) is -1.05. The van der Waals surface area contributed by atoms with Crippen molar-refractivity contribution in [3.8, 4) is 11.8 Å². The largest absolute Gasteiger partial charge is 0.462 e. The maximum atomic E-state index is 13.2. The van der Waals surface area contributed by atoms with Crippen molar-refractivity contribution in [2.24, 2.45) is 0 Å². The predicted octanol–water partition coefficient (Wildman–Crippen LogP) is 3.06. The van der Waals surface area contributed by atoms with Crippen molar-refractivity contribution in [2.75, 3.05) is 12.9 Å². The number of halogens is 1. The fraction of sp³-hybridized carbons (Fsp3) is 0.235. The van der Waals surface area contributed by atoms with Crippen molar-refractivity contribution in [3.63, 3.8) is 0 Å². The van der Waals surface area contributed by atoms with E-state index < -0.39 is 17.3 Å². The molecule has 0 fully saturated rings. The maximum Gasteiger partial charge on any atom is 0.341 e. The second kappa shape index (κ2) is 7.32. The van der Waals surface area contributed by atoms with Crippen LogP contribution in [-0.2, 0) is 4.74 Å². The quantitative estimate of drug-likeness (QED) is 0.628. The Morgan fingerprint density at radius 2 is 2.00 bits per heavy atom. The highest BCUT2D eigenvalue weighted by atomic mass is 32.2. The van der Waals surface area contributed by atoms with Crippen LogP contribution in [-0.4, -0.2) is 23.4 Å². The molecule has 5 nitrogen and oxygen atoms in total.